The van der Waals surface area contributed by atoms with Gasteiger partial charge in [-0.05, 0) is 117 Å². The molecule has 0 aromatic carbocycles. The van der Waals surface area contributed by atoms with Gasteiger partial charge in [0.25, 0.3) is 0 Å². The number of hydrogen-bond acceptors (Lipinski definition) is 0. The van der Waals surface area contributed by atoms with Gasteiger partial charge in [-0.3, -0.25) is 0 Å². The summed E-state index contributed by atoms with van der Waals surface area (Å²) in [7, 11) is 0. The highest BCUT2D eigenvalue weighted by Crippen LogP contribution is 2.68. The third kappa shape index (κ3) is 9.96. The maximum Gasteiger partial charge on any atom is -0.0200 e. The van der Waals surface area contributed by atoms with E-state index in [0.717, 1.165) is 5.92 Å². The highest BCUT2D eigenvalue weighted by Gasteiger charge is 2.58. The van der Waals surface area contributed by atoms with Gasteiger partial charge >= 0.3 is 0 Å². The average molecular weight is 687 g/mol. The van der Waals surface area contributed by atoms with E-state index in [1.807, 2.05) is 0 Å². The Morgan fingerprint density at radius 2 is 0.490 bits per heavy atom. The second-order valence-electron chi connectivity index (χ2n) is 25.4. The first-order valence-electron chi connectivity index (χ1n) is 21.5. The van der Waals surface area contributed by atoms with Crippen LogP contribution >= 0.6 is 0 Å². The molecule has 49 heavy (non-hydrogen) atoms. The molecule has 4 fully saturated rings. The Morgan fingerprint density at radius 3 is 0.592 bits per heavy atom. The van der Waals surface area contributed by atoms with Crippen molar-refractivity contribution in [2.24, 2.45) is 65.5 Å². The molecule has 0 unspecified atom stereocenters. The van der Waals surface area contributed by atoms with Crippen LogP contribution in [0.3, 0.4) is 0 Å². The smallest absolute Gasteiger partial charge is 0.0200 e. The van der Waals surface area contributed by atoms with Crippen LogP contribution in [0.4, 0.5) is 0 Å². The molecule has 0 spiro atoms. The molecular weight excluding hydrogens is 589 g/mol. The third-order valence-corrected chi connectivity index (χ3v) is 16.4. The summed E-state index contributed by atoms with van der Waals surface area (Å²) in [6, 6.07) is 0. The van der Waals surface area contributed by atoms with E-state index < -0.39 is 0 Å². The maximum atomic E-state index is 2.43. The Kier molecular flexibility index (Phi) is 14.8. The Bertz CT molecular complexity index is 914. The Balaban J connectivity index is 0.000000327. The fraction of sp³-hybridized carbons (Fsp3) is 1.00. The third-order valence-electron chi connectivity index (χ3n) is 16.4. The summed E-state index contributed by atoms with van der Waals surface area (Å²) in [6.07, 6.45) is 20.2. The second kappa shape index (κ2) is 15.4. The van der Waals surface area contributed by atoms with Crippen LogP contribution in [0.5, 0.6) is 0 Å². The molecule has 0 saturated heterocycles. The molecule has 0 atom stereocenters. The fourth-order valence-corrected chi connectivity index (χ4v) is 12.9. The summed E-state index contributed by atoms with van der Waals surface area (Å²) in [5.41, 5.74) is 5.75. The van der Waals surface area contributed by atoms with E-state index in [1.165, 1.54) is 89.9 Å². The normalized spacial score (nSPS) is 23.5. The summed E-state index contributed by atoms with van der Waals surface area (Å²) in [6.45, 7) is 55.3. The lowest BCUT2D eigenvalue weighted by Crippen LogP contribution is -2.51. The zero-order chi connectivity index (χ0) is 39.0. The van der Waals surface area contributed by atoms with Crippen molar-refractivity contribution >= 4 is 0 Å². The lowest BCUT2D eigenvalue weighted by Gasteiger charge is -2.60. The molecule has 4 aliphatic rings. The van der Waals surface area contributed by atoms with Gasteiger partial charge < -0.3 is 0 Å². The molecule has 0 radical (unpaired) electrons. The zero-order valence-electron chi connectivity index (χ0n) is 39.0. The first-order chi connectivity index (χ1) is 21.5. The van der Waals surface area contributed by atoms with Crippen LogP contribution in [0.15, 0.2) is 0 Å². The maximum absolute atomic E-state index is 2.43. The van der Waals surface area contributed by atoms with E-state index in [-0.39, 0.29) is 0 Å². The summed E-state index contributed by atoms with van der Waals surface area (Å²) in [5.74, 6) is 0.841. The van der Waals surface area contributed by atoms with E-state index in [1.54, 1.807) is 0 Å². The largest absolute Gasteiger partial charge is 0.0622 e. The van der Waals surface area contributed by atoms with Crippen LogP contribution in [-0.2, 0) is 0 Å². The molecule has 4 saturated carbocycles. The average Bonchev–Trinajstić information content (AvgIpc) is 3.51. The Hall–Kier alpha value is 0. The first kappa shape index (κ1) is 47.0. The van der Waals surface area contributed by atoms with Crippen molar-refractivity contribution in [1.29, 1.82) is 0 Å². The van der Waals surface area contributed by atoms with Crippen molar-refractivity contribution in [3.8, 4) is 0 Å². The highest BCUT2D eigenvalue weighted by atomic mass is 14.6. The van der Waals surface area contributed by atoms with Crippen LogP contribution in [-0.4, -0.2) is 0 Å². The van der Waals surface area contributed by atoms with Gasteiger partial charge in [0.15, 0.2) is 0 Å². The van der Waals surface area contributed by atoms with E-state index in [2.05, 4.69) is 159 Å². The lowest BCUT2D eigenvalue weighted by atomic mass is 9.45. The standard InChI is InChI=1S/2C13H26.C12H24.C11H22/c1-11(2,3)13(12(4,5)6)9-7-8-10-13;1-11(2)13(12(3,4)5)9-7-6-8-10-13;1-10(2,3)12(8-7-9-12)11(4,5)6;1-9(2,3)11(7-8-11)10(4,5)6/h7-10H2,1-6H3;11H,6-10H2,1-5H3;7-9H2,1-6H3;7-8H2,1-6H3. The quantitative estimate of drug-likeness (QED) is 0.257. The van der Waals surface area contributed by atoms with Crippen LogP contribution in [0, 0.1) is 65.5 Å². The van der Waals surface area contributed by atoms with Gasteiger partial charge in [-0.2, -0.15) is 0 Å². The van der Waals surface area contributed by atoms with Crippen LogP contribution in [0.25, 0.3) is 0 Å². The van der Waals surface area contributed by atoms with Crippen molar-refractivity contribution in [2.45, 2.75) is 249 Å². The summed E-state index contributed by atoms with van der Waals surface area (Å²) >= 11 is 0. The Morgan fingerprint density at radius 1 is 0.265 bits per heavy atom. The van der Waals surface area contributed by atoms with Gasteiger partial charge in [-0.1, -0.05) is 198 Å². The minimum absolute atomic E-state index is 0.460. The van der Waals surface area contributed by atoms with Gasteiger partial charge in [0, 0.05) is 0 Å². The monoisotopic (exact) mass is 687 g/mol. The van der Waals surface area contributed by atoms with Crippen molar-refractivity contribution in [1.82, 2.24) is 0 Å². The minimum atomic E-state index is 0.460. The fourth-order valence-electron chi connectivity index (χ4n) is 12.9. The molecule has 4 rings (SSSR count). The van der Waals surface area contributed by atoms with Crippen LogP contribution in [0.1, 0.15) is 249 Å². The predicted molar refractivity (Wildman–Crippen MR) is 225 cm³/mol. The van der Waals surface area contributed by atoms with Gasteiger partial charge in [0.05, 0.1) is 0 Å². The van der Waals surface area contributed by atoms with Gasteiger partial charge in [-0.25, -0.2) is 0 Å². The Labute approximate surface area is 313 Å². The lowest BCUT2D eigenvalue weighted by molar-refractivity contribution is -0.100. The van der Waals surface area contributed by atoms with Crippen LogP contribution < -0.4 is 0 Å². The summed E-state index contributed by atoms with van der Waals surface area (Å²) in [4.78, 5) is 0. The van der Waals surface area contributed by atoms with Crippen molar-refractivity contribution < 1.29 is 0 Å². The molecule has 0 aromatic heterocycles. The molecule has 4 aliphatic carbocycles. The molecule has 0 aliphatic heterocycles. The SMILES string of the molecule is CC(C)(C)C1(C(C)(C)C)CC1.CC(C)(C)C1(C(C)(C)C)CCC1.CC(C)(C)C1(C(C)(C)C)CCCC1.CC(C)C1(C(C)(C)C)CCCCC1. The molecule has 294 valence electrons. The van der Waals surface area contributed by atoms with Crippen molar-refractivity contribution in [3.05, 3.63) is 0 Å². The van der Waals surface area contributed by atoms with Crippen molar-refractivity contribution in [3.63, 3.8) is 0 Å². The van der Waals surface area contributed by atoms with E-state index in [0.29, 0.717) is 59.6 Å². The van der Waals surface area contributed by atoms with E-state index in [4.69, 9.17) is 0 Å². The van der Waals surface area contributed by atoms with E-state index in [9.17, 15) is 0 Å². The second-order valence-corrected chi connectivity index (χ2v) is 25.4. The first-order valence-corrected chi connectivity index (χ1v) is 21.5. The predicted octanol–water partition coefficient (Wildman–Crippen LogP) is 17.4. The molecule has 0 heterocycles. The molecule has 0 aromatic rings. The summed E-state index contributed by atoms with van der Waals surface area (Å²) < 4.78 is 0. The van der Waals surface area contributed by atoms with Crippen LogP contribution in [0.2, 0.25) is 0 Å². The number of hydrogen-bond donors (Lipinski definition) is 0. The summed E-state index contributed by atoms with van der Waals surface area (Å²) in [5, 5.41) is 0. The zero-order valence-corrected chi connectivity index (χ0v) is 39.0. The number of rotatable bonds is 1. The molecule has 0 heteroatoms. The molecule has 0 amide bonds. The topological polar surface area (TPSA) is 0 Å². The van der Waals surface area contributed by atoms with Gasteiger partial charge in [0.2, 0.25) is 0 Å². The van der Waals surface area contributed by atoms with E-state index >= 15 is 0 Å². The van der Waals surface area contributed by atoms with Crippen molar-refractivity contribution in [2.75, 3.05) is 0 Å². The van der Waals surface area contributed by atoms with Gasteiger partial charge in [0.1, 0.15) is 0 Å². The molecule has 0 N–H and O–H groups in total. The molecule has 0 nitrogen and oxygen atoms in total. The van der Waals surface area contributed by atoms with Gasteiger partial charge in [-0.15, -0.1) is 0 Å². The molecular formula is C49H98. The minimum Gasteiger partial charge on any atom is -0.0622 e. The highest BCUT2D eigenvalue weighted by molar-refractivity contribution is 5.08. The molecule has 0 bridgehead atoms.